The van der Waals surface area contributed by atoms with E-state index in [2.05, 4.69) is 10.4 Å². The SMILES string of the molecule is COc1cccc(C(=O)NCc2ccccc2-c2cnn(C)c2)c1F. The van der Waals surface area contributed by atoms with Gasteiger partial charge in [-0.05, 0) is 23.3 Å². The Morgan fingerprint density at radius 1 is 1.24 bits per heavy atom. The minimum absolute atomic E-state index is 0.0433. The van der Waals surface area contributed by atoms with Crippen molar-refractivity contribution < 1.29 is 13.9 Å². The van der Waals surface area contributed by atoms with E-state index in [0.29, 0.717) is 0 Å². The van der Waals surface area contributed by atoms with Crippen molar-refractivity contribution in [2.45, 2.75) is 6.54 Å². The normalized spacial score (nSPS) is 10.5. The first kappa shape index (κ1) is 16.7. The molecule has 2 aromatic carbocycles. The lowest BCUT2D eigenvalue weighted by Gasteiger charge is -2.11. The molecule has 3 aromatic rings. The zero-order chi connectivity index (χ0) is 17.8. The van der Waals surface area contributed by atoms with Crippen molar-refractivity contribution in [2.75, 3.05) is 7.11 Å². The molecule has 1 aromatic heterocycles. The maximum absolute atomic E-state index is 14.2. The average molecular weight is 339 g/mol. The van der Waals surface area contributed by atoms with Gasteiger partial charge >= 0.3 is 0 Å². The molecular formula is C19H18FN3O2. The van der Waals surface area contributed by atoms with Gasteiger partial charge in [0, 0.05) is 25.4 Å². The molecule has 1 amide bonds. The summed E-state index contributed by atoms with van der Waals surface area (Å²) in [6.07, 6.45) is 3.67. The lowest BCUT2D eigenvalue weighted by molar-refractivity contribution is 0.0946. The third-order valence-corrected chi connectivity index (χ3v) is 3.90. The average Bonchev–Trinajstić information content (AvgIpc) is 3.06. The molecule has 0 atom stereocenters. The van der Waals surface area contributed by atoms with Crippen molar-refractivity contribution in [1.82, 2.24) is 15.1 Å². The molecule has 1 heterocycles. The molecule has 6 heteroatoms. The number of carbonyl (C=O) groups excluding carboxylic acids is 1. The summed E-state index contributed by atoms with van der Waals surface area (Å²) in [4.78, 5) is 12.3. The molecule has 5 nitrogen and oxygen atoms in total. The Morgan fingerprint density at radius 2 is 2.04 bits per heavy atom. The van der Waals surface area contributed by atoms with Crippen LogP contribution in [0.4, 0.5) is 4.39 Å². The second-order valence-electron chi connectivity index (χ2n) is 5.56. The van der Waals surface area contributed by atoms with E-state index in [1.54, 1.807) is 16.9 Å². The molecule has 0 saturated carbocycles. The number of rotatable bonds is 5. The van der Waals surface area contributed by atoms with Gasteiger partial charge in [-0.25, -0.2) is 4.39 Å². The van der Waals surface area contributed by atoms with E-state index >= 15 is 0 Å². The summed E-state index contributed by atoms with van der Waals surface area (Å²) < 4.78 is 20.8. The number of amides is 1. The quantitative estimate of drug-likeness (QED) is 0.777. The number of hydrogen-bond donors (Lipinski definition) is 1. The number of benzene rings is 2. The highest BCUT2D eigenvalue weighted by Crippen LogP contribution is 2.23. The van der Waals surface area contributed by atoms with Gasteiger partial charge in [0.05, 0.1) is 18.9 Å². The number of nitrogens with one attached hydrogen (secondary N) is 1. The Morgan fingerprint density at radius 3 is 2.76 bits per heavy atom. The van der Waals surface area contributed by atoms with Crippen LogP contribution in [0.2, 0.25) is 0 Å². The number of hydrogen-bond acceptors (Lipinski definition) is 3. The summed E-state index contributed by atoms with van der Waals surface area (Å²) in [6, 6.07) is 12.2. The van der Waals surface area contributed by atoms with E-state index in [1.807, 2.05) is 37.5 Å². The lowest BCUT2D eigenvalue weighted by Crippen LogP contribution is -2.24. The first-order valence-corrected chi connectivity index (χ1v) is 7.77. The Kier molecular flexibility index (Phi) is 4.79. The van der Waals surface area contributed by atoms with Crippen molar-refractivity contribution in [3.63, 3.8) is 0 Å². The van der Waals surface area contributed by atoms with E-state index in [0.717, 1.165) is 16.7 Å². The van der Waals surface area contributed by atoms with Crippen LogP contribution < -0.4 is 10.1 Å². The standard InChI is InChI=1S/C19H18FN3O2/c1-23-12-14(11-22-23)15-7-4-3-6-13(15)10-21-19(24)16-8-5-9-17(25-2)18(16)20/h3-9,11-12H,10H2,1-2H3,(H,21,24). The van der Waals surface area contributed by atoms with Gasteiger partial charge in [-0.15, -0.1) is 0 Å². The van der Waals surface area contributed by atoms with Gasteiger partial charge in [0.1, 0.15) is 0 Å². The number of carbonyl (C=O) groups is 1. The van der Waals surface area contributed by atoms with Gasteiger partial charge in [-0.1, -0.05) is 30.3 Å². The minimum Gasteiger partial charge on any atom is -0.494 e. The van der Waals surface area contributed by atoms with Crippen LogP contribution in [0.3, 0.4) is 0 Å². The van der Waals surface area contributed by atoms with E-state index < -0.39 is 11.7 Å². The van der Waals surface area contributed by atoms with Crippen molar-refractivity contribution in [3.05, 3.63) is 71.8 Å². The highest BCUT2D eigenvalue weighted by Gasteiger charge is 2.16. The number of aromatic nitrogens is 2. The number of nitrogens with zero attached hydrogens (tertiary/aromatic N) is 2. The van der Waals surface area contributed by atoms with Crippen LogP contribution in [0.5, 0.6) is 5.75 Å². The van der Waals surface area contributed by atoms with Crippen molar-refractivity contribution in [2.24, 2.45) is 7.05 Å². The van der Waals surface area contributed by atoms with Gasteiger partial charge in [0.25, 0.3) is 5.91 Å². The Hall–Kier alpha value is -3.15. The second kappa shape index (κ2) is 7.17. The molecule has 0 aliphatic heterocycles. The first-order valence-electron chi connectivity index (χ1n) is 7.77. The fourth-order valence-corrected chi connectivity index (χ4v) is 2.63. The smallest absolute Gasteiger partial charge is 0.254 e. The van der Waals surface area contributed by atoms with E-state index in [4.69, 9.17) is 4.74 Å². The monoisotopic (exact) mass is 339 g/mol. The summed E-state index contributed by atoms with van der Waals surface area (Å²) in [5.74, 6) is -1.11. The molecule has 0 bridgehead atoms. The predicted octanol–water partition coefficient (Wildman–Crippen LogP) is 3.16. The van der Waals surface area contributed by atoms with Crippen molar-refractivity contribution in [1.29, 1.82) is 0 Å². The first-order chi connectivity index (χ1) is 12.1. The molecule has 0 radical (unpaired) electrons. The fourth-order valence-electron chi connectivity index (χ4n) is 2.63. The third kappa shape index (κ3) is 3.52. The van der Waals surface area contributed by atoms with Gasteiger partial charge in [0.2, 0.25) is 0 Å². The molecule has 3 rings (SSSR count). The fraction of sp³-hybridized carbons (Fsp3) is 0.158. The predicted molar refractivity (Wildman–Crippen MR) is 92.8 cm³/mol. The van der Waals surface area contributed by atoms with Crippen LogP contribution in [0, 0.1) is 5.82 Å². The summed E-state index contributed by atoms with van der Waals surface area (Å²) in [5.41, 5.74) is 2.81. The second-order valence-corrected chi connectivity index (χ2v) is 5.56. The zero-order valence-electron chi connectivity index (χ0n) is 14.0. The summed E-state index contributed by atoms with van der Waals surface area (Å²) in [6.45, 7) is 0.278. The van der Waals surface area contributed by atoms with Gasteiger partial charge in [0.15, 0.2) is 11.6 Å². The van der Waals surface area contributed by atoms with Crippen LogP contribution >= 0.6 is 0 Å². The Balaban J connectivity index is 1.80. The highest BCUT2D eigenvalue weighted by atomic mass is 19.1. The Labute approximate surface area is 145 Å². The third-order valence-electron chi connectivity index (χ3n) is 3.90. The maximum atomic E-state index is 14.2. The van der Waals surface area contributed by atoms with Gasteiger partial charge < -0.3 is 10.1 Å². The molecule has 1 N–H and O–H groups in total. The molecule has 0 unspecified atom stereocenters. The molecule has 0 spiro atoms. The maximum Gasteiger partial charge on any atom is 0.254 e. The van der Waals surface area contributed by atoms with Crippen molar-refractivity contribution >= 4 is 5.91 Å². The minimum atomic E-state index is -0.664. The lowest BCUT2D eigenvalue weighted by atomic mass is 10.0. The van der Waals surface area contributed by atoms with E-state index in [9.17, 15) is 9.18 Å². The van der Waals surface area contributed by atoms with Gasteiger partial charge in [-0.3, -0.25) is 9.48 Å². The van der Waals surface area contributed by atoms with Crippen LogP contribution in [0.1, 0.15) is 15.9 Å². The largest absolute Gasteiger partial charge is 0.494 e. The van der Waals surface area contributed by atoms with E-state index in [1.165, 1.54) is 19.2 Å². The van der Waals surface area contributed by atoms with Crippen LogP contribution in [-0.2, 0) is 13.6 Å². The molecule has 25 heavy (non-hydrogen) atoms. The number of methoxy groups -OCH3 is 1. The molecule has 0 saturated heterocycles. The van der Waals surface area contributed by atoms with Crippen LogP contribution in [-0.4, -0.2) is 22.8 Å². The Bertz CT molecular complexity index is 905. The zero-order valence-corrected chi connectivity index (χ0v) is 14.0. The molecule has 128 valence electrons. The summed E-state index contributed by atoms with van der Waals surface area (Å²) in [7, 11) is 3.21. The van der Waals surface area contributed by atoms with E-state index in [-0.39, 0.29) is 17.9 Å². The summed E-state index contributed by atoms with van der Waals surface area (Å²) >= 11 is 0. The van der Waals surface area contributed by atoms with Crippen LogP contribution in [0.25, 0.3) is 11.1 Å². The molecule has 0 aliphatic rings. The van der Waals surface area contributed by atoms with Gasteiger partial charge in [-0.2, -0.15) is 5.10 Å². The molecule has 0 fully saturated rings. The molecular weight excluding hydrogens is 321 g/mol. The number of aryl methyl sites for hydroxylation is 1. The van der Waals surface area contributed by atoms with Crippen LogP contribution in [0.15, 0.2) is 54.9 Å². The number of halogens is 1. The summed E-state index contributed by atoms with van der Waals surface area (Å²) in [5, 5.41) is 6.94. The number of ether oxygens (including phenoxy) is 1. The van der Waals surface area contributed by atoms with Crippen molar-refractivity contribution in [3.8, 4) is 16.9 Å². The topological polar surface area (TPSA) is 56.1 Å². The highest BCUT2D eigenvalue weighted by molar-refractivity contribution is 5.95. The molecule has 0 aliphatic carbocycles.